The van der Waals surface area contributed by atoms with Crippen LogP contribution >= 0.6 is 0 Å². The molecule has 1 aromatic heterocycles. The van der Waals surface area contributed by atoms with E-state index in [1.807, 2.05) is 19.4 Å². The highest BCUT2D eigenvalue weighted by atomic mass is 16.4. The number of hydrogen-bond acceptors (Lipinski definition) is 3. The van der Waals surface area contributed by atoms with Crippen LogP contribution in [-0.4, -0.2) is 38.1 Å². The summed E-state index contributed by atoms with van der Waals surface area (Å²) in [6.45, 7) is 4.52. The summed E-state index contributed by atoms with van der Waals surface area (Å²) in [6, 6.07) is 0.484. The average molecular weight is 331 g/mol. The van der Waals surface area contributed by atoms with Gasteiger partial charge in [-0.05, 0) is 50.0 Å². The number of imidazole rings is 1. The summed E-state index contributed by atoms with van der Waals surface area (Å²) < 4.78 is 2.14. The lowest BCUT2D eigenvalue weighted by Crippen LogP contribution is -2.43. The number of amides is 2. The van der Waals surface area contributed by atoms with E-state index in [4.69, 9.17) is 5.11 Å². The SMILES string of the molecule is C[C@H]1C/C(=C\c2cn([C@H]3CC[C@H](C)CC3)cn2)C(=O)N(C(=O)O)C1. The Hall–Kier alpha value is -2.11. The van der Waals surface area contributed by atoms with Crippen molar-refractivity contribution in [3.05, 3.63) is 23.8 Å². The van der Waals surface area contributed by atoms with Crippen LogP contribution in [0.5, 0.6) is 0 Å². The molecule has 3 rings (SSSR count). The van der Waals surface area contributed by atoms with Gasteiger partial charge >= 0.3 is 6.09 Å². The van der Waals surface area contributed by atoms with Crippen molar-refractivity contribution < 1.29 is 14.7 Å². The topological polar surface area (TPSA) is 75.4 Å². The van der Waals surface area contributed by atoms with Crippen molar-refractivity contribution in [1.82, 2.24) is 14.5 Å². The maximum atomic E-state index is 12.3. The number of aromatic nitrogens is 2. The molecule has 0 unspecified atom stereocenters. The van der Waals surface area contributed by atoms with Gasteiger partial charge in [-0.25, -0.2) is 14.7 Å². The number of carbonyl (C=O) groups is 2. The normalized spacial score (nSPS) is 29.9. The van der Waals surface area contributed by atoms with Crippen LogP contribution in [0.4, 0.5) is 4.79 Å². The van der Waals surface area contributed by atoms with E-state index in [0.717, 1.165) is 29.4 Å². The number of imide groups is 1. The van der Waals surface area contributed by atoms with Crippen LogP contribution < -0.4 is 0 Å². The van der Waals surface area contributed by atoms with Gasteiger partial charge in [0, 0.05) is 24.4 Å². The third-order valence-corrected chi connectivity index (χ3v) is 5.16. The number of carboxylic acid groups (broad SMARTS) is 1. The van der Waals surface area contributed by atoms with E-state index < -0.39 is 12.0 Å². The van der Waals surface area contributed by atoms with Crippen molar-refractivity contribution in [2.75, 3.05) is 6.54 Å². The molecule has 2 heterocycles. The fourth-order valence-electron chi connectivity index (χ4n) is 3.73. The van der Waals surface area contributed by atoms with Crippen LogP contribution in [0, 0.1) is 11.8 Å². The molecule has 0 aromatic carbocycles. The molecule has 1 aliphatic heterocycles. The number of piperidine rings is 1. The summed E-state index contributed by atoms with van der Waals surface area (Å²) in [5, 5.41) is 9.16. The highest BCUT2D eigenvalue weighted by Gasteiger charge is 2.31. The lowest BCUT2D eigenvalue weighted by atomic mass is 9.87. The maximum absolute atomic E-state index is 12.3. The van der Waals surface area contributed by atoms with Crippen LogP contribution in [-0.2, 0) is 4.79 Å². The molecule has 1 saturated heterocycles. The Kier molecular flexibility index (Phi) is 4.73. The summed E-state index contributed by atoms with van der Waals surface area (Å²) >= 11 is 0. The van der Waals surface area contributed by atoms with Crippen LogP contribution in [0.1, 0.15) is 57.7 Å². The van der Waals surface area contributed by atoms with Gasteiger partial charge in [-0.3, -0.25) is 4.79 Å². The van der Waals surface area contributed by atoms with Gasteiger partial charge < -0.3 is 9.67 Å². The molecule has 1 aromatic rings. The predicted octanol–water partition coefficient (Wildman–Crippen LogP) is 3.56. The first kappa shape index (κ1) is 16.7. The maximum Gasteiger partial charge on any atom is 0.414 e. The fourth-order valence-corrected chi connectivity index (χ4v) is 3.73. The molecule has 0 radical (unpaired) electrons. The molecule has 1 saturated carbocycles. The number of nitrogens with zero attached hydrogens (tertiary/aromatic N) is 3. The first-order valence-electron chi connectivity index (χ1n) is 8.73. The zero-order chi connectivity index (χ0) is 17.3. The molecule has 1 aliphatic carbocycles. The van der Waals surface area contributed by atoms with Crippen molar-refractivity contribution in [3.8, 4) is 0 Å². The summed E-state index contributed by atoms with van der Waals surface area (Å²) in [6.07, 6.45) is 9.77. The van der Waals surface area contributed by atoms with Crippen LogP contribution in [0.3, 0.4) is 0 Å². The third kappa shape index (κ3) is 3.52. The Morgan fingerprint density at radius 1 is 1.25 bits per heavy atom. The number of carbonyl (C=O) groups excluding carboxylic acids is 1. The largest absolute Gasteiger partial charge is 0.465 e. The van der Waals surface area contributed by atoms with Crippen molar-refractivity contribution >= 4 is 18.1 Å². The van der Waals surface area contributed by atoms with Crippen molar-refractivity contribution in [2.24, 2.45) is 11.8 Å². The summed E-state index contributed by atoms with van der Waals surface area (Å²) in [5.41, 5.74) is 1.26. The van der Waals surface area contributed by atoms with E-state index >= 15 is 0 Å². The molecule has 0 bridgehead atoms. The van der Waals surface area contributed by atoms with Gasteiger partial charge in [0.05, 0.1) is 12.0 Å². The fraction of sp³-hybridized carbons (Fsp3) is 0.611. The third-order valence-electron chi connectivity index (χ3n) is 5.16. The van der Waals surface area contributed by atoms with Gasteiger partial charge in [0.1, 0.15) is 0 Å². The Bertz CT molecular complexity index is 656. The second-order valence-electron chi connectivity index (χ2n) is 7.34. The smallest absolute Gasteiger partial charge is 0.414 e. The number of likely N-dealkylation sites (tertiary alicyclic amines) is 1. The molecule has 130 valence electrons. The highest BCUT2D eigenvalue weighted by Crippen LogP contribution is 2.32. The highest BCUT2D eigenvalue weighted by molar-refractivity contribution is 6.05. The molecule has 6 nitrogen and oxygen atoms in total. The molecule has 1 atom stereocenters. The second kappa shape index (κ2) is 6.79. The van der Waals surface area contributed by atoms with E-state index in [0.29, 0.717) is 18.0 Å². The molecule has 24 heavy (non-hydrogen) atoms. The Balaban J connectivity index is 1.76. The minimum absolute atomic E-state index is 0.131. The molecule has 1 N–H and O–H groups in total. The van der Waals surface area contributed by atoms with Gasteiger partial charge in [0.2, 0.25) is 0 Å². The van der Waals surface area contributed by atoms with Gasteiger partial charge in [0.25, 0.3) is 5.91 Å². The van der Waals surface area contributed by atoms with Gasteiger partial charge in [-0.2, -0.15) is 0 Å². The minimum Gasteiger partial charge on any atom is -0.465 e. The summed E-state index contributed by atoms with van der Waals surface area (Å²) in [7, 11) is 0. The predicted molar refractivity (Wildman–Crippen MR) is 90.4 cm³/mol. The van der Waals surface area contributed by atoms with Crippen molar-refractivity contribution in [1.29, 1.82) is 0 Å². The minimum atomic E-state index is -1.18. The first-order chi connectivity index (χ1) is 11.4. The van der Waals surface area contributed by atoms with Gasteiger partial charge in [0.15, 0.2) is 0 Å². The Morgan fingerprint density at radius 3 is 2.62 bits per heavy atom. The van der Waals surface area contributed by atoms with Crippen LogP contribution in [0.2, 0.25) is 0 Å². The molecular weight excluding hydrogens is 306 g/mol. The molecular formula is C18H25N3O3. The standard InChI is InChI=1S/C18H25N3O3/c1-12-3-5-16(6-4-12)20-10-15(19-11-20)8-14-7-13(2)9-21(17(14)22)18(23)24/h8,10-13,16H,3-7,9H2,1-2H3,(H,23,24)/b14-8+/t12-,13-,16-/m0/s1. The van der Waals surface area contributed by atoms with E-state index in [9.17, 15) is 9.59 Å². The van der Waals surface area contributed by atoms with E-state index in [1.165, 1.54) is 12.8 Å². The quantitative estimate of drug-likeness (QED) is 0.841. The van der Waals surface area contributed by atoms with E-state index in [1.54, 1.807) is 6.08 Å². The molecule has 0 spiro atoms. The van der Waals surface area contributed by atoms with Crippen LogP contribution in [0.15, 0.2) is 18.1 Å². The van der Waals surface area contributed by atoms with Gasteiger partial charge in [-0.1, -0.05) is 13.8 Å². The number of hydrogen-bond donors (Lipinski definition) is 1. The average Bonchev–Trinajstić information content (AvgIpc) is 2.99. The molecule has 2 amide bonds. The summed E-state index contributed by atoms with van der Waals surface area (Å²) in [5.74, 6) is 0.517. The molecule has 2 aliphatic rings. The van der Waals surface area contributed by atoms with E-state index in [2.05, 4.69) is 16.5 Å². The van der Waals surface area contributed by atoms with Crippen molar-refractivity contribution in [3.63, 3.8) is 0 Å². The molecule has 6 heteroatoms. The van der Waals surface area contributed by atoms with E-state index in [-0.39, 0.29) is 12.5 Å². The monoisotopic (exact) mass is 331 g/mol. The molecule has 2 fully saturated rings. The lowest BCUT2D eigenvalue weighted by molar-refractivity contribution is -0.127. The lowest BCUT2D eigenvalue weighted by Gasteiger charge is -2.28. The van der Waals surface area contributed by atoms with Crippen LogP contribution in [0.25, 0.3) is 6.08 Å². The zero-order valence-corrected chi connectivity index (χ0v) is 14.3. The van der Waals surface area contributed by atoms with Crippen molar-refractivity contribution in [2.45, 2.75) is 52.0 Å². The second-order valence-corrected chi connectivity index (χ2v) is 7.34. The van der Waals surface area contributed by atoms with Gasteiger partial charge in [-0.15, -0.1) is 0 Å². The Morgan fingerprint density at radius 2 is 1.96 bits per heavy atom. The number of rotatable bonds is 2. The summed E-state index contributed by atoms with van der Waals surface area (Å²) in [4.78, 5) is 28.8. The zero-order valence-electron chi connectivity index (χ0n) is 14.3. The first-order valence-corrected chi connectivity index (χ1v) is 8.73. The Labute approximate surface area is 142 Å².